The molecule has 0 aromatic carbocycles. The lowest BCUT2D eigenvalue weighted by Gasteiger charge is -2.17. The first-order valence-electron chi connectivity index (χ1n) is 5.06. The molecule has 0 saturated carbocycles. The van der Waals surface area contributed by atoms with Gasteiger partial charge in [0.1, 0.15) is 0 Å². The second kappa shape index (κ2) is 3.98. The van der Waals surface area contributed by atoms with Crippen LogP contribution in [-0.4, -0.2) is 32.6 Å². The van der Waals surface area contributed by atoms with Crippen molar-refractivity contribution in [2.45, 2.75) is 25.8 Å². The molecule has 1 aromatic heterocycles. The van der Waals surface area contributed by atoms with Crippen molar-refractivity contribution in [3.05, 3.63) is 11.4 Å². The van der Waals surface area contributed by atoms with E-state index < -0.39 is 5.97 Å². The van der Waals surface area contributed by atoms with Crippen LogP contribution in [0.25, 0.3) is 0 Å². The van der Waals surface area contributed by atoms with Crippen LogP contribution >= 0.6 is 0 Å². The molecule has 82 valence electrons. The lowest BCUT2D eigenvalue weighted by Crippen LogP contribution is -2.24. The molecule has 0 spiro atoms. The monoisotopic (exact) mass is 210 g/mol. The Labute approximate surface area is 87.1 Å². The zero-order valence-electron chi connectivity index (χ0n) is 8.39. The first-order valence-corrected chi connectivity index (χ1v) is 5.06. The van der Waals surface area contributed by atoms with Crippen molar-refractivity contribution in [1.29, 1.82) is 0 Å². The molecule has 0 aliphatic heterocycles. The van der Waals surface area contributed by atoms with Gasteiger partial charge in [-0.05, 0) is 12.8 Å². The maximum Gasteiger partial charge on any atom is 0.306 e. The molecule has 6 nitrogen and oxygen atoms in total. The molecule has 0 radical (unpaired) electrons. The first-order chi connectivity index (χ1) is 7.22. The molecular weight excluding hydrogens is 196 g/mol. The second-order valence-corrected chi connectivity index (χ2v) is 3.77. The Bertz CT molecular complexity index is 374. The van der Waals surface area contributed by atoms with Crippen molar-refractivity contribution in [3.63, 3.8) is 0 Å². The number of aromatic nitrogens is 3. The Morgan fingerprint density at radius 2 is 2.47 bits per heavy atom. The number of hydrogen-bond acceptors (Lipinski definition) is 4. The highest BCUT2D eigenvalue weighted by Crippen LogP contribution is 2.23. The normalized spacial score (nSPS) is 19.9. The molecule has 0 amide bonds. The quantitative estimate of drug-likeness (QED) is 0.696. The van der Waals surface area contributed by atoms with Crippen molar-refractivity contribution in [1.82, 2.24) is 15.0 Å². The van der Waals surface area contributed by atoms with E-state index in [1.807, 2.05) is 0 Å². The molecule has 0 bridgehead atoms. The van der Waals surface area contributed by atoms with Gasteiger partial charge in [-0.1, -0.05) is 5.21 Å². The zero-order chi connectivity index (χ0) is 10.8. The summed E-state index contributed by atoms with van der Waals surface area (Å²) in [4.78, 5) is 10.8. The number of nitrogens with two attached hydrogens (primary N) is 1. The topological polar surface area (TPSA) is 94.0 Å². The molecule has 3 N–H and O–H groups in total. The Balaban J connectivity index is 2.18. The van der Waals surface area contributed by atoms with Crippen molar-refractivity contribution in [3.8, 4) is 0 Å². The van der Waals surface area contributed by atoms with Gasteiger partial charge < -0.3 is 10.8 Å². The maximum atomic E-state index is 10.8. The van der Waals surface area contributed by atoms with E-state index in [1.165, 1.54) is 0 Å². The number of hydrogen-bond donors (Lipinski definition) is 2. The van der Waals surface area contributed by atoms with Gasteiger partial charge in [-0.3, -0.25) is 4.79 Å². The summed E-state index contributed by atoms with van der Waals surface area (Å²) < 4.78 is 1.79. The minimum Gasteiger partial charge on any atom is -0.481 e. The molecule has 1 unspecified atom stereocenters. The minimum atomic E-state index is -0.742. The van der Waals surface area contributed by atoms with E-state index in [9.17, 15) is 4.79 Å². The minimum absolute atomic E-state index is 0.305. The van der Waals surface area contributed by atoms with Crippen LogP contribution in [0.1, 0.15) is 17.8 Å². The summed E-state index contributed by atoms with van der Waals surface area (Å²) in [6.07, 6.45) is 1.90. The van der Waals surface area contributed by atoms with Crippen LogP contribution in [0.4, 0.5) is 0 Å². The molecule has 1 aliphatic rings. The van der Waals surface area contributed by atoms with Crippen LogP contribution in [0.5, 0.6) is 0 Å². The van der Waals surface area contributed by atoms with Gasteiger partial charge >= 0.3 is 5.97 Å². The summed E-state index contributed by atoms with van der Waals surface area (Å²) >= 11 is 0. The predicted octanol–water partition coefficient (Wildman–Crippen LogP) is -0.574. The number of carboxylic acid groups (broad SMARTS) is 1. The van der Waals surface area contributed by atoms with Gasteiger partial charge in [0, 0.05) is 13.0 Å². The first kappa shape index (κ1) is 10.1. The standard InChI is InChI=1S/C9H14N4O2/c10-3-4-13-8-2-1-6(9(14)15)5-7(8)11-12-13/h6H,1-5,10H2,(H,14,15). The van der Waals surface area contributed by atoms with Crippen molar-refractivity contribution >= 4 is 5.97 Å². The Hall–Kier alpha value is -1.43. The highest BCUT2D eigenvalue weighted by Gasteiger charge is 2.27. The average Bonchev–Trinajstić information content (AvgIpc) is 2.61. The van der Waals surface area contributed by atoms with E-state index >= 15 is 0 Å². The van der Waals surface area contributed by atoms with Crippen LogP contribution in [0.3, 0.4) is 0 Å². The van der Waals surface area contributed by atoms with Crippen LogP contribution < -0.4 is 5.73 Å². The van der Waals surface area contributed by atoms with Crippen LogP contribution in [-0.2, 0) is 24.2 Å². The van der Waals surface area contributed by atoms with Crippen molar-refractivity contribution in [2.24, 2.45) is 11.7 Å². The third kappa shape index (κ3) is 1.85. The van der Waals surface area contributed by atoms with Gasteiger partial charge in [0.15, 0.2) is 0 Å². The molecule has 1 aromatic rings. The van der Waals surface area contributed by atoms with Crippen molar-refractivity contribution < 1.29 is 9.90 Å². The molecule has 15 heavy (non-hydrogen) atoms. The highest BCUT2D eigenvalue weighted by molar-refractivity contribution is 5.70. The lowest BCUT2D eigenvalue weighted by atomic mass is 9.90. The third-order valence-corrected chi connectivity index (χ3v) is 2.78. The summed E-state index contributed by atoms with van der Waals surface area (Å²) in [6, 6.07) is 0. The average molecular weight is 210 g/mol. The molecule has 0 fully saturated rings. The van der Waals surface area contributed by atoms with Crippen LogP contribution in [0.2, 0.25) is 0 Å². The molecule has 1 atom stereocenters. The second-order valence-electron chi connectivity index (χ2n) is 3.77. The van der Waals surface area contributed by atoms with E-state index in [0.29, 0.717) is 25.9 Å². The molecular formula is C9H14N4O2. The van der Waals surface area contributed by atoms with Crippen LogP contribution in [0, 0.1) is 5.92 Å². The summed E-state index contributed by atoms with van der Waals surface area (Å²) in [5.74, 6) is -1.05. The number of nitrogens with zero attached hydrogens (tertiary/aromatic N) is 3. The fourth-order valence-electron chi connectivity index (χ4n) is 1.96. The van der Waals surface area contributed by atoms with E-state index in [4.69, 9.17) is 10.8 Å². The fraction of sp³-hybridized carbons (Fsp3) is 0.667. The van der Waals surface area contributed by atoms with E-state index in [0.717, 1.165) is 17.8 Å². The Morgan fingerprint density at radius 3 is 3.13 bits per heavy atom. The van der Waals surface area contributed by atoms with Crippen molar-refractivity contribution in [2.75, 3.05) is 6.54 Å². The van der Waals surface area contributed by atoms with Gasteiger partial charge in [0.2, 0.25) is 0 Å². The van der Waals surface area contributed by atoms with Crippen LogP contribution in [0.15, 0.2) is 0 Å². The molecule has 6 heteroatoms. The smallest absolute Gasteiger partial charge is 0.306 e. The number of carbonyl (C=O) groups is 1. The molecule has 1 aliphatic carbocycles. The summed E-state index contributed by atoms with van der Waals surface area (Å²) in [7, 11) is 0. The van der Waals surface area contributed by atoms with E-state index in [-0.39, 0.29) is 5.92 Å². The number of aliphatic carboxylic acids is 1. The van der Waals surface area contributed by atoms with E-state index in [1.54, 1.807) is 4.68 Å². The zero-order valence-corrected chi connectivity index (χ0v) is 8.39. The summed E-state index contributed by atoms with van der Waals surface area (Å²) in [5, 5.41) is 16.9. The predicted molar refractivity (Wildman–Crippen MR) is 52.2 cm³/mol. The Kier molecular flexibility index (Phi) is 2.68. The van der Waals surface area contributed by atoms with Gasteiger partial charge in [-0.15, -0.1) is 5.10 Å². The molecule has 0 saturated heterocycles. The Morgan fingerprint density at radius 1 is 1.67 bits per heavy atom. The highest BCUT2D eigenvalue weighted by atomic mass is 16.4. The summed E-state index contributed by atoms with van der Waals surface area (Å²) in [6.45, 7) is 1.18. The van der Waals surface area contributed by atoms with Gasteiger partial charge in [0.05, 0.1) is 23.9 Å². The SMILES string of the molecule is NCCn1nnc2c1CCC(C(=O)O)C2. The largest absolute Gasteiger partial charge is 0.481 e. The number of fused-ring (bicyclic) bond motifs is 1. The fourth-order valence-corrected chi connectivity index (χ4v) is 1.96. The summed E-state index contributed by atoms with van der Waals surface area (Å²) in [5.41, 5.74) is 7.32. The van der Waals surface area contributed by atoms with Gasteiger partial charge in [0.25, 0.3) is 0 Å². The number of rotatable bonds is 3. The number of carboxylic acids is 1. The lowest BCUT2D eigenvalue weighted by molar-refractivity contribution is -0.142. The molecule has 1 heterocycles. The van der Waals surface area contributed by atoms with Gasteiger partial charge in [-0.25, -0.2) is 4.68 Å². The molecule has 2 rings (SSSR count). The third-order valence-electron chi connectivity index (χ3n) is 2.78. The van der Waals surface area contributed by atoms with E-state index in [2.05, 4.69) is 10.3 Å². The van der Waals surface area contributed by atoms with Gasteiger partial charge in [-0.2, -0.15) is 0 Å². The maximum absolute atomic E-state index is 10.8.